The summed E-state index contributed by atoms with van der Waals surface area (Å²) in [5, 5.41) is 1.49. The van der Waals surface area contributed by atoms with Gasteiger partial charge in [0.05, 0.1) is 12.8 Å². The average Bonchev–Trinajstić information content (AvgIpc) is 2.99. The molecule has 0 atom stereocenters. The van der Waals surface area contributed by atoms with Crippen LogP contribution in [0.3, 0.4) is 0 Å². The highest BCUT2D eigenvalue weighted by Crippen LogP contribution is 2.30. The summed E-state index contributed by atoms with van der Waals surface area (Å²) in [5.74, 6) is 0.913. The topological polar surface area (TPSA) is 45.7 Å². The maximum Gasteiger partial charge on any atom is 0.265 e. The van der Waals surface area contributed by atoms with Crippen molar-refractivity contribution in [3.63, 3.8) is 0 Å². The number of anilines is 1. The molecule has 2 aromatic carbocycles. The molecule has 4 rings (SSSR count). The summed E-state index contributed by atoms with van der Waals surface area (Å²) in [5.41, 5.74) is 2.87. The van der Waals surface area contributed by atoms with Crippen LogP contribution in [-0.2, 0) is 0 Å². The number of halogens is 1. The van der Waals surface area contributed by atoms with Crippen molar-refractivity contribution in [1.82, 2.24) is 9.88 Å². The van der Waals surface area contributed by atoms with Gasteiger partial charge in [0.15, 0.2) is 0 Å². The number of thiazole rings is 1. The van der Waals surface area contributed by atoms with Gasteiger partial charge in [-0.1, -0.05) is 23.7 Å². The molecule has 1 aliphatic heterocycles. The highest BCUT2D eigenvalue weighted by Gasteiger charge is 2.24. The molecule has 156 valence electrons. The molecule has 1 saturated heterocycles. The third kappa shape index (κ3) is 4.45. The quantitative estimate of drug-likeness (QED) is 0.562. The standard InChI is InChI=1S/C23H24ClN3O2S/c1-16-21(30-22(25-16)17-5-3-6-18(24)15-17)23(28)27-12-4-11-26(13-14-27)19-7-9-20(29-2)10-8-19/h3,5-10,15H,4,11-14H2,1-2H3. The van der Waals surface area contributed by atoms with Crippen LogP contribution >= 0.6 is 22.9 Å². The fraction of sp³-hybridized carbons (Fsp3) is 0.304. The number of aryl methyl sites for hydroxylation is 1. The molecular formula is C23H24ClN3O2S. The van der Waals surface area contributed by atoms with Gasteiger partial charge in [-0.25, -0.2) is 4.98 Å². The number of ether oxygens (including phenoxy) is 1. The van der Waals surface area contributed by atoms with Crippen LogP contribution in [0, 0.1) is 6.92 Å². The lowest BCUT2D eigenvalue weighted by Gasteiger charge is -2.23. The van der Waals surface area contributed by atoms with Gasteiger partial charge in [-0.05, 0) is 49.7 Å². The first-order chi connectivity index (χ1) is 14.5. The van der Waals surface area contributed by atoms with E-state index >= 15 is 0 Å². The maximum atomic E-state index is 13.2. The highest BCUT2D eigenvalue weighted by atomic mass is 35.5. The summed E-state index contributed by atoms with van der Waals surface area (Å²) in [7, 11) is 1.67. The molecule has 7 heteroatoms. The number of amides is 1. The Morgan fingerprint density at radius 3 is 2.63 bits per heavy atom. The van der Waals surface area contributed by atoms with E-state index < -0.39 is 0 Å². The van der Waals surface area contributed by atoms with Crippen molar-refractivity contribution in [2.75, 3.05) is 38.2 Å². The van der Waals surface area contributed by atoms with E-state index in [0.29, 0.717) is 16.4 Å². The second-order valence-corrected chi connectivity index (χ2v) is 8.71. The van der Waals surface area contributed by atoms with Gasteiger partial charge in [-0.15, -0.1) is 11.3 Å². The zero-order valence-corrected chi connectivity index (χ0v) is 18.7. The Morgan fingerprint density at radius 1 is 1.10 bits per heavy atom. The molecule has 30 heavy (non-hydrogen) atoms. The third-order valence-electron chi connectivity index (χ3n) is 5.28. The Labute approximate surface area is 185 Å². The van der Waals surface area contributed by atoms with Crippen LogP contribution in [0.25, 0.3) is 10.6 Å². The smallest absolute Gasteiger partial charge is 0.265 e. The molecule has 2 heterocycles. The van der Waals surface area contributed by atoms with Crippen molar-refractivity contribution in [3.05, 3.63) is 64.1 Å². The Balaban J connectivity index is 1.47. The summed E-state index contributed by atoms with van der Waals surface area (Å²) in [6.45, 7) is 5.06. The molecule has 0 saturated carbocycles. The minimum absolute atomic E-state index is 0.0647. The van der Waals surface area contributed by atoms with E-state index in [0.717, 1.165) is 53.8 Å². The number of methoxy groups -OCH3 is 1. The number of carbonyl (C=O) groups excluding carboxylic acids is 1. The number of rotatable bonds is 4. The second-order valence-electron chi connectivity index (χ2n) is 7.27. The third-order valence-corrected chi connectivity index (χ3v) is 6.71. The predicted octanol–water partition coefficient (Wildman–Crippen LogP) is 5.13. The first kappa shape index (κ1) is 20.7. The molecule has 0 spiro atoms. The van der Waals surface area contributed by atoms with Crippen LogP contribution in [0.4, 0.5) is 5.69 Å². The molecule has 5 nitrogen and oxygen atoms in total. The van der Waals surface area contributed by atoms with Crippen LogP contribution in [0.15, 0.2) is 48.5 Å². The lowest BCUT2D eigenvalue weighted by molar-refractivity contribution is 0.0771. The van der Waals surface area contributed by atoms with Gasteiger partial charge in [0.2, 0.25) is 0 Å². The number of benzene rings is 2. The molecule has 1 aliphatic rings. The fourth-order valence-corrected chi connectivity index (χ4v) is 4.88. The Kier molecular flexibility index (Phi) is 6.25. The zero-order valence-electron chi connectivity index (χ0n) is 17.1. The van der Waals surface area contributed by atoms with E-state index in [1.54, 1.807) is 7.11 Å². The van der Waals surface area contributed by atoms with Gasteiger partial charge in [-0.2, -0.15) is 0 Å². The predicted molar refractivity (Wildman–Crippen MR) is 123 cm³/mol. The van der Waals surface area contributed by atoms with Crippen LogP contribution in [0.5, 0.6) is 5.75 Å². The Bertz CT molecular complexity index is 1040. The number of hydrogen-bond acceptors (Lipinski definition) is 5. The molecule has 0 unspecified atom stereocenters. The van der Waals surface area contributed by atoms with Gasteiger partial charge in [0.1, 0.15) is 15.6 Å². The lowest BCUT2D eigenvalue weighted by Crippen LogP contribution is -2.35. The number of hydrogen-bond donors (Lipinski definition) is 0. The minimum atomic E-state index is 0.0647. The first-order valence-corrected chi connectivity index (χ1v) is 11.2. The monoisotopic (exact) mass is 441 g/mol. The number of nitrogens with zero attached hydrogens (tertiary/aromatic N) is 3. The van der Waals surface area contributed by atoms with Gasteiger partial charge >= 0.3 is 0 Å². The molecule has 0 aliphatic carbocycles. The second kappa shape index (κ2) is 9.06. The Morgan fingerprint density at radius 2 is 1.90 bits per heavy atom. The van der Waals surface area contributed by atoms with Crippen molar-refractivity contribution in [1.29, 1.82) is 0 Å². The van der Waals surface area contributed by atoms with E-state index in [-0.39, 0.29) is 5.91 Å². The van der Waals surface area contributed by atoms with E-state index in [4.69, 9.17) is 16.3 Å². The molecule has 3 aromatic rings. The van der Waals surface area contributed by atoms with Crippen molar-refractivity contribution in [3.8, 4) is 16.3 Å². The van der Waals surface area contributed by atoms with Gasteiger partial charge in [-0.3, -0.25) is 4.79 Å². The van der Waals surface area contributed by atoms with Crippen molar-refractivity contribution in [2.24, 2.45) is 0 Å². The summed E-state index contributed by atoms with van der Waals surface area (Å²) in [4.78, 5) is 22.9. The SMILES string of the molecule is COc1ccc(N2CCCN(C(=O)c3sc(-c4cccc(Cl)c4)nc3C)CC2)cc1. The molecule has 0 N–H and O–H groups in total. The molecular weight excluding hydrogens is 418 g/mol. The van der Waals surface area contributed by atoms with Crippen molar-refractivity contribution in [2.45, 2.75) is 13.3 Å². The van der Waals surface area contributed by atoms with Crippen LogP contribution < -0.4 is 9.64 Å². The van der Waals surface area contributed by atoms with E-state index in [2.05, 4.69) is 22.0 Å². The van der Waals surface area contributed by atoms with Crippen LogP contribution in [-0.4, -0.2) is 49.1 Å². The fourth-order valence-electron chi connectivity index (χ4n) is 3.66. The average molecular weight is 442 g/mol. The molecule has 0 radical (unpaired) electrons. The van der Waals surface area contributed by atoms with E-state index in [9.17, 15) is 4.79 Å². The van der Waals surface area contributed by atoms with Crippen LogP contribution in [0.2, 0.25) is 5.02 Å². The molecule has 1 fully saturated rings. The van der Waals surface area contributed by atoms with Crippen LogP contribution in [0.1, 0.15) is 21.8 Å². The molecule has 1 amide bonds. The highest BCUT2D eigenvalue weighted by molar-refractivity contribution is 7.17. The largest absolute Gasteiger partial charge is 0.497 e. The van der Waals surface area contributed by atoms with Gasteiger partial charge in [0, 0.05) is 42.5 Å². The summed E-state index contributed by atoms with van der Waals surface area (Å²) < 4.78 is 5.25. The van der Waals surface area contributed by atoms with Crippen molar-refractivity contribution < 1.29 is 9.53 Å². The zero-order chi connectivity index (χ0) is 21.1. The summed E-state index contributed by atoms with van der Waals surface area (Å²) in [6.07, 6.45) is 0.927. The van der Waals surface area contributed by atoms with Crippen molar-refractivity contribution >= 4 is 34.5 Å². The summed E-state index contributed by atoms with van der Waals surface area (Å²) >= 11 is 7.56. The van der Waals surface area contributed by atoms with Gasteiger partial charge in [0.25, 0.3) is 5.91 Å². The maximum absolute atomic E-state index is 13.2. The minimum Gasteiger partial charge on any atom is -0.497 e. The number of carbonyl (C=O) groups is 1. The molecule has 0 bridgehead atoms. The number of aromatic nitrogens is 1. The van der Waals surface area contributed by atoms with E-state index in [1.165, 1.54) is 11.3 Å². The van der Waals surface area contributed by atoms with E-state index in [1.807, 2.05) is 48.2 Å². The Hall–Kier alpha value is -2.57. The normalized spacial score (nSPS) is 14.5. The molecule has 1 aromatic heterocycles. The lowest BCUT2D eigenvalue weighted by atomic mass is 10.2. The summed E-state index contributed by atoms with van der Waals surface area (Å²) in [6, 6.07) is 15.7. The van der Waals surface area contributed by atoms with Gasteiger partial charge < -0.3 is 14.5 Å². The first-order valence-electron chi connectivity index (χ1n) is 9.97.